The predicted molar refractivity (Wildman–Crippen MR) is 119 cm³/mol. The van der Waals surface area contributed by atoms with Gasteiger partial charge in [-0.2, -0.15) is 0 Å². The second-order valence-corrected chi connectivity index (χ2v) is 9.35. The van der Waals surface area contributed by atoms with Gasteiger partial charge in [0.05, 0.1) is 27.4 Å². The van der Waals surface area contributed by atoms with E-state index in [9.17, 15) is 14.9 Å². The maximum Gasteiger partial charge on any atom is 0.269 e. The van der Waals surface area contributed by atoms with Gasteiger partial charge >= 0.3 is 0 Å². The number of rotatable bonds is 7. The van der Waals surface area contributed by atoms with Gasteiger partial charge in [-0.1, -0.05) is 30.0 Å². The molecule has 4 rings (SSSR count). The molecule has 9 heteroatoms. The fraction of sp³-hybridized carbons (Fsp3) is 0.100. The summed E-state index contributed by atoms with van der Waals surface area (Å²) in [7, 11) is 0. The van der Waals surface area contributed by atoms with E-state index >= 15 is 0 Å². The number of carbonyl (C=O) groups is 1. The highest BCUT2D eigenvalue weighted by molar-refractivity contribution is 8.01. The smallest absolute Gasteiger partial charge is 0.269 e. The number of amides is 1. The molecule has 6 nitrogen and oxygen atoms in total. The minimum Gasteiger partial charge on any atom is -0.306 e. The number of nitrogens with zero attached hydrogens (tertiary/aromatic N) is 3. The minimum atomic E-state index is -0.446. The van der Waals surface area contributed by atoms with Crippen molar-refractivity contribution in [1.29, 1.82) is 0 Å². The van der Waals surface area contributed by atoms with Gasteiger partial charge in [-0.25, -0.2) is 4.98 Å². The second-order valence-electron chi connectivity index (χ2n) is 6.07. The molecule has 0 aliphatic carbocycles. The fourth-order valence-electron chi connectivity index (χ4n) is 2.75. The number of hydrogen-bond donors (Lipinski definition) is 0. The number of non-ortho nitro benzene ring substituents is 1. The van der Waals surface area contributed by atoms with Crippen LogP contribution in [-0.4, -0.2) is 21.6 Å². The molecule has 0 aliphatic rings. The Morgan fingerprint density at radius 2 is 1.90 bits per heavy atom. The number of aromatic nitrogens is 1. The number of hydrogen-bond acceptors (Lipinski definition) is 7. The van der Waals surface area contributed by atoms with Crippen molar-refractivity contribution in [2.24, 2.45) is 0 Å². The van der Waals surface area contributed by atoms with Crippen LogP contribution >= 0.6 is 34.4 Å². The normalized spacial score (nSPS) is 10.9. The van der Waals surface area contributed by atoms with E-state index in [0.29, 0.717) is 12.2 Å². The number of nitro groups is 1. The predicted octanol–water partition coefficient (Wildman–Crippen LogP) is 5.59. The zero-order chi connectivity index (χ0) is 20.2. The van der Waals surface area contributed by atoms with Crippen LogP contribution in [0, 0.1) is 10.1 Å². The summed E-state index contributed by atoms with van der Waals surface area (Å²) in [6, 6.07) is 17.9. The molecule has 0 unspecified atom stereocenters. The maximum atomic E-state index is 13.0. The molecule has 29 heavy (non-hydrogen) atoms. The Bertz CT molecular complexity index is 1110. The summed E-state index contributed by atoms with van der Waals surface area (Å²) in [6.07, 6.45) is 0. The minimum absolute atomic E-state index is 0.00104. The summed E-state index contributed by atoms with van der Waals surface area (Å²) in [5.74, 6) is 0.166. The van der Waals surface area contributed by atoms with Gasteiger partial charge in [0.2, 0.25) is 5.91 Å². The quantitative estimate of drug-likeness (QED) is 0.212. The average Bonchev–Trinajstić information content (AvgIpc) is 3.39. The van der Waals surface area contributed by atoms with Crippen molar-refractivity contribution in [3.63, 3.8) is 0 Å². The highest BCUT2D eigenvalue weighted by Gasteiger charge is 2.19. The molecule has 2 aromatic carbocycles. The molecule has 0 saturated carbocycles. The molecule has 0 saturated heterocycles. The molecular formula is C20H15N3O3S3. The molecule has 4 aromatic rings. The standard InChI is InChI=1S/C20H15N3O3S3/c24-19(13-28-20-21-17-5-1-2-6-18(17)29-20)22(12-16-4-3-11-27-16)14-7-9-15(10-8-14)23(25)26/h1-11H,12-13H2. The Labute approximate surface area is 179 Å². The summed E-state index contributed by atoms with van der Waals surface area (Å²) >= 11 is 4.54. The van der Waals surface area contributed by atoms with Crippen LogP contribution < -0.4 is 4.90 Å². The van der Waals surface area contributed by atoms with E-state index in [-0.39, 0.29) is 17.3 Å². The zero-order valence-corrected chi connectivity index (χ0v) is 17.5. The van der Waals surface area contributed by atoms with Crippen LogP contribution in [0.15, 0.2) is 70.4 Å². The average molecular weight is 442 g/mol. The van der Waals surface area contributed by atoms with Crippen molar-refractivity contribution in [2.75, 3.05) is 10.7 Å². The molecule has 0 fully saturated rings. The van der Waals surface area contributed by atoms with Crippen LogP contribution in [0.4, 0.5) is 11.4 Å². The SMILES string of the molecule is O=C(CSc1nc2ccccc2s1)N(Cc1cccs1)c1ccc([N+](=O)[O-])cc1. The molecule has 0 atom stereocenters. The first kappa shape index (κ1) is 19.6. The zero-order valence-electron chi connectivity index (χ0n) is 15.1. The number of thioether (sulfide) groups is 1. The number of thiazole rings is 1. The largest absolute Gasteiger partial charge is 0.306 e. The molecule has 0 aliphatic heterocycles. The van der Waals surface area contributed by atoms with Crippen LogP contribution in [0.5, 0.6) is 0 Å². The van der Waals surface area contributed by atoms with Gasteiger partial charge in [0.25, 0.3) is 5.69 Å². The monoisotopic (exact) mass is 441 g/mol. The lowest BCUT2D eigenvalue weighted by Gasteiger charge is -2.22. The fourth-order valence-corrected chi connectivity index (χ4v) is 5.39. The Morgan fingerprint density at radius 1 is 1.10 bits per heavy atom. The lowest BCUT2D eigenvalue weighted by molar-refractivity contribution is -0.384. The molecule has 2 heterocycles. The van der Waals surface area contributed by atoms with Crippen molar-refractivity contribution in [1.82, 2.24) is 4.98 Å². The first-order valence-electron chi connectivity index (χ1n) is 8.66. The lowest BCUT2D eigenvalue weighted by atomic mass is 10.2. The number of para-hydroxylation sites is 1. The molecule has 0 radical (unpaired) electrons. The van der Waals surface area contributed by atoms with Crippen molar-refractivity contribution < 1.29 is 9.72 Å². The molecular weight excluding hydrogens is 426 g/mol. The van der Waals surface area contributed by atoms with E-state index in [4.69, 9.17) is 0 Å². The lowest BCUT2D eigenvalue weighted by Crippen LogP contribution is -2.31. The van der Waals surface area contributed by atoms with Gasteiger partial charge in [0.15, 0.2) is 4.34 Å². The number of thiophene rings is 1. The Balaban J connectivity index is 1.52. The first-order valence-corrected chi connectivity index (χ1v) is 11.3. The van der Waals surface area contributed by atoms with Gasteiger partial charge in [-0.3, -0.25) is 14.9 Å². The van der Waals surface area contributed by atoms with Gasteiger partial charge in [-0.15, -0.1) is 22.7 Å². The van der Waals surface area contributed by atoms with Crippen molar-refractivity contribution in [3.05, 3.63) is 81.0 Å². The summed E-state index contributed by atoms with van der Waals surface area (Å²) in [5.41, 5.74) is 1.57. The molecule has 1 amide bonds. The number of benzene rings is 2. The Hall–Kier alpha value is -2.75. The Kier molecular flexibility index (Phi) is 5.89. The van der Waals surface area contributed by atoms with Crippen molar-refractivity contribution >= 4 is 61.9 Å². The molecule has 0 bridgehead atoms. The molecule has 0 N–H and O–H groups in total. The van der Waals surface area contributed by atoms with Gasteiger partial charge < -0.3 is 4.90 Å². The van der Waals surface area contributed by atoms with E-state index in [1.165, 1.54) is 23.9 Å². The number of nitro benzene ring substituents is 1. The Morgan fingerprint density at radius 3 is 2.59 bits per heavy atom. The number of fused-ring (bicyclic) bond motifs is 1. The van der Waals surface area contributed by atoms with Gasteiger partial charge in [0, 0.05) is 22.7 Å². The van der Waals surface area contributed by atoms with Crippen LogP contribution in [0.25, 0.3) is 10.2 Å². The summed E-state index contributed by atoms with van der Waals surface area (Å²) < 4.78 is 1.94. The van der Waals surface area contributed by atoms with Gasteiger partial charge in [-0.05, 0) is 35.7 Å². The van der Waals surface area contributed by atoms with Crippen molar-refractivity contribution in [2.45, 2.75) is 10.9 Å². The van der Waals surface area contributed by atoms with Crippen LogP contribution in [0.1, 0.15) is 4.88 Å². The van der Waals surface area contributed by atoms with Crippen LogP contribution in [0.3, 0.4) is 0 Å². The highest BCUT2D eigenvalue weighted by atomic mass is 32.2. The van der Waals surface area contributed by atoms with E-state index in [1.54, 1.807) is 39.7 Å². The van der Waals surface area contributed by atoms with Gasteiger partial charge in [0.1, 0.15) is 0 Å². The second kappa shape index (κ2) is 8.73. The van der Waals surface area contributed by atoms with E-state index < -0.39 is 4.92 Å². The molecule has 0 spiro atoms. The molecule has 2 aromatic heterocycles. The van der Waals surface area contributed by atoms with Crippen LogP contribution in [0.2, 0.25) is 0 Å². The third-order valence-electron chi connectivity index (χ3n) is 4.16. The third kappa shape index (κ3) is 4.64. The summed E-state index contributed by atoms with van der Waals surface area (Å²) in [6.45, 7) is 0.425. The summed E-state index contributed by atoms with van der Waals surface area (Å²) in [5, 5.41) is 12.9. The first-order chi connectivity index (χ1) is 14.1. The van der Waals surface area contributed by atoms with E-state index in [0.717, 1.165) is 19.4 Å². The third-order valence-corrected chi connectivity index (χ3v) is 7.19. The highest BCUT2D eigenvalue weighted by Crippen LogP contribution is 2.30. The number of anilines is 1. The van der Waals surface area contributed by atoms with E-state index in [1.807, 2.05) is 41.8 Å². The van der Waals surface area contributed by atoms with Crippen LogP contribution in [-0.2, 0) is 11.3 Å². The summed E-state index contributed by atoms with van der Waals surface area (Å²) in [4.78, 5) is 30.8. The maximum absolute atomic E-state index is 13.0. The van der Waals surface area contributed by atoms with E-state index in [2.05, 4.69) is 4.98 Å². The van der Waals surface area contributed by atoms with Crippen molar-refractivity contribution in [3.8, 4) is 0 Å². The molecule has 146 valence electrons. The number of carbonyl (C=O) groups excluding carboxylic acids is 1. The topological polar surface area (TPSA) is 76.3 Å².